The van der Waals surface area contributed by atoms with Crippen LogP contribution in [0.5, 0.6) is 0 Å². The summed E-state index contributed by atoms with van der Waals surface area (Å²) in [5.41, 5.74) is 1.69. The number of fused-ring (bicyclic) bond motifs is 1. The molecule has 0 aliphatic carbocycles. The van der Waals surface area contributed by atoms with Crippen molar-refractivity contribution >= 4 is 40.0 Å². The number of nitrogens with zero attached hydrogens (tertiary/aromatic N) is 2. The summed E-state index contributed by atoms with van der Waals surface area (Å²) in [5, 5.41) is 4.32. The zero-order valence-corrected chi connectivity index (χ0v) is 18.1. The molecule has 1 N–H and O–H groups in total. The lowest BCUT2D eigenvalue weighted by molar-refractivity contribution is -0.123. The second-order valence-corrected chi connectivity index (χ2v) is 9.33. The highest BCUT2D eigenvalue weighted by atomic mass is 32.2. The number of aromatic nitrogens is 2. The van der Waals surface area contributed by atoms with Crippen molar-refractivity contribution in [2.75, 3.05) is 5.32 Å². The number of benzene rings is 2. The highest BCUT2D eigenvalue weighted by Gasteiger charge is 2.22. The molecule has 0 aliphatic heterocycles. The first-order chi connectivity index (χ1) is 13.6. The number of hydrogen-bond donors (Lipinski definition) is 1. The van der Waals surface area contributed by atoms with E-state index in [1.807, 2.05) is 58.9 Å². The van der Waals surface area contributed by atoms with E-state index in [1.54, 1.807) is 24.3 Å². The smallest absolute Gasteiger partial charge is 0.229 e. The van der Waals surface area contributed by atoms with Gasteiger partial charge in [0.05, 0.1) is 10.8 Å². The van der Waals surface area contributed by atoms with Gasteiger partial charge in [-0.2, -0.15) is 0 Å². The van der Waals surface area contributed by atoms with Crippen LogP contribution in [0.25, 0.3) is 10.9 Å². The molecule has 0 unspecified atom stereocenters. The standard InChI is InChI=1S/C23H25N3O2S/c1-14(29-21-18-8-6-7-9-19(18)24-15(2)25-21)20(27)16-10-12-17(13-11-16)26-22(28)23(3,4)5/h6-14H,1-5H3,(H,26,28)/t14-/m1/s1. The van der Waals surface area contributed by atoms with Crippen molar-refractivity contribution in [2.45, 2.75) is 44.9 Å². The topological polar surface area (TPSA) is 72.0 Å². The van der Waals surface area contributed by atoms with Gasteiger partial charge in [-0.1, -0.05) is 50.7 Å². The Morgan fingerprint density at radius 1 is 1.00 bits per heavy atom. The molecule has 0 bridgehead atoms. The van der Waals surface area contributed by atoms with Gasteiger partial charge in [-0.15, -0.1) is 0 Å². The van der Waals surface area contributed by atoms with E-state index in [9.17, 15) is 9.59 Å². The van der Waals surface area contributed by atoms with Crippen molar-refractivity contribution < 1.29 is 9.59 Å². The number of carbonyl (C=O) groups excluding carboxylic acids is 2. The summed E-state index contributed by atoms with van der Waals surface area (Å²) in [6.45, 7) is 9.31. The van der Waals surface area contributed by atoms with Gasteiger partial charge < -0.3 is 5.32 Å². The van der Waals surface area contributed by atoms with Gasteiger partial charge in [0.15, 0.2) is 5.78 Å². The predicted molar refractivity (Wildman–Crippen MR) is 118 cm³/mol. The summed E-state index contributed by atoms with van der Waals surface area (Å²) in [4.78, 5) is 34.0. The molecule has 0 aliphatic rings. The van der Waals surface area contributed by atoms with E-state index in [0.717, 1.165) is 15.9 Å². The van der Waals surface area contributed by atoms with E-state index in [0.29, 0.717) is 17.1 Å². The van der Waals surface area contributed by atoms with E-state index in [2.05, 4.69) is 15.3 Å². The molecule has 5 nitrogen and oxygen atoms in total. The molecule has 2 aromatic carbocycles. The number of hydrogen-bond acceptors (Lipinski definition) is 5. The molecule has 6 heteroatoms. The van der Waals surface area contributed by atoms with Crippen LogP contribution in [-0.2, 0) is 4.79 Å². The van der Waals surface area contributed by atoms with E-state index in [1.165, 1.54) is 11.8 Å². The Kier molecular flexibility index (Phi) is 6.03. The second kappa shape index (κ2) is 8.33. The van der Waals surface area contributed by atoms with Gasteiger partial charge in [0, 0.05) is 22.1 Å². The average molecular weight is 408 g/mol. The van der Waals surface area contributed by atoms with Crippen LogP contribution < -0.4 is 5.32 Å². The quantitative estimate of drug-likeness (QED) is 0.354. The van der Waals surface area contributed by atoms with Crippen molar-refractivity contribution in [2.24, 2.45) is 5.41 Å². The molecule has 3 rings (SSSR count). The molecule has 0 fully saturated rings. The minimum atomic E-state index is -0.474. The SMILES string of the molecule is Cc1nc(S[C@H](C)C(=O)c2ccc(NC(=O)C(C)(C)C)cc2)c2ccccc2n1. The Bertz CT molecular complexity index is 1060. The van der Waals surface area contributed by atoms with Gasteiger partial charge in [-0.3, -0.25) is 9.59 Å². The first-order valence-electron chi connectivity index (χ1n) is 9.51. The highest BCUT2D eigenvalue weighted by molar-refractivity contribution is 8.00. The van der Waals surface area contributed by atoms with E-state index in [4.69, 9.17) is 0 Å². The Balaban J connectivity index is 1.75. The maximum absolute atomic E-state index is 12.9. The van der Waals surface area contributed by atoms with Crippen LogP contribution in [0.2, 0.25) is 0 Å². The van der Waals surface area contributed by atoms with Crippen LogP contribution in [0.1, 0.15) is 43.9 Å². The number of anilines is 1. The maximum Gasteiger partial charge on any atom is 0.229 e. The van der Waals surface area contributed by atoms with Gasteiger partial charge >= 0.3 is 0 Å². The molecule has 1 aromatic heterocycles. The van der Waals surface area contributed by atoms with E-state index >= 15 is 0 Å². The summed E-state index contributed by atoms with van der Waals surface area (Å²) < 4.78 is 0. The van der Waals surface area contributed by atoms with Crippen molar-refractivity contribution in [3.8, 4) is 0 Å². The number of Topliss-reactive ketones (excluding diaryl/α,β-unsaturated/α-hetero) is 1. The van der Waals surface area contributed by atoms with E-state index in [-0.39, 0.29) is 16.9 Å². The van der Waals surface area contributed by atoms with Gasteiger partial charge in [0.25, 0.3) is 0 Å². The molecule has 29 heavy (non-hydrogen) atoms. The van der Waals surface area contributed by atoms with Gasteiger partial charge in [-0.05, 0) is 44.2 Å². The Hall–Kier alpha value is -2.73. The minimum absolute atomic E-state index is 0.0176. The van der Waals surface area contributed by atoms with Gasteiger partial charge in [0.2, 0.25) is 5.91 Å². The molecule has 0 spiro atoms. The first kappa shape index (κ1) is 21.0. The van der Waals surface area contributed by atoms with Crippen molar-refractivity contribution in [1.82, 2.24) is 9.97 Å². The molecule has 0 saturated carbocycles. The first-order valence-corrected chi connectivity index (χ1v) is 10.4. The molecular formula is C23H25N3O2S. The van der Waals surface area contributed by atoms with Crippen molar-refractivity contribution in [3.63, 3.8) is 0 Å². The Morgan fingerprint density at radius 2 is 1.66 bits per heavy atom. The largest absolute Gasteiger partial charge is 0.326 e. The number of para-hydroxylation sites is 1. The molecule has 3 aromatic rings. The molecule has 1 atom stereocenters. The number of thioether (sulfide) groups is 1. The number of carbonyl (C=O) groups is 2. The third kappa shape index (κ3) is 5.01. The summed E-state index contributed by atoms with van der Waals surface area (Å²) in [6.07, 6.45) is 0. The fraction of sp³-hybridized carbons (Fsp3) is 0.304. The summed E-state index contributed by atoms with van der Waals surface area (Å²) in [6, 6.07) is 14.8. The summed E-state index contributed by atoms with van der Waals surface area (Å²) >= 11 is 1.44. The molecule has 0 radical (unpaired) electrons. The number of nitrogens with one attached hydrogen (secondary N) is 1. The van der Waals surface area contributed by atoms with Crippen molar-refractivity contribution in [3.05, 3.63) is 59.9 Å². The van der Waals surface area contributed by atoms with Gasteiger partial charge in [-0.25, -0.2) is 9.97 Å². The Morgan fingerprint density at radius 3 is 2.31 bits per heavy atom. The normalized spacial score (nSPS) is 12.6. The van der Waals surface area contributed by atoms with Gasteiger partial charge in [0.1, 0.15) is 10.9 Å². The predicted octanol–water partition coefficient (Wildman–Crippen LogP) is 5.29. The van der Waals surface area contributed by atoms with Crippen LogP contribution >= 0.6 is 11.8 Å². The third-order valence-electron chi connectivity index (χ3n) is 4.45. The number of amides is 1. The van der Waals surface area contributed by atoms with Crippen molar-refractivity contribution in [1.29, 1.82) is 0 Å². The second-order valence-electron chi connectivity index (χ2n) is 8.00. The molecule has 0 saturated heterocycles. The summed E-state index contributed by atoms with van der Waals surface area (Å²) in [7, 11) is 0. The van der Waals surface area contributed by atoms with Crippen LogP contribution in [0.15, 0.2) is 53.6 Å². The third-order valence-corrected chi connectivity index (χ3v) is 5.55. The van der Waals surface area contributed by atoms with Crippen LogP contribution in [0.3, 0.4) is 0 Å². The fourth-order valence-corrected chi connectivity index (χ4v) is 3.80. The number of ketones is 1. The fourth-order valence-electron chi connectivity index (χ4n) is 2.74. The highest BCUT2D eigenvalue weighted by Crippen LogP contribution is 2.30. The zero-order chi connectivity index (χ0) is 21.2. The monoisotopic (exact) mass is 407 g/mol. The molecule has 150 valence electrons. The summed E-state index contributed by atoms with van der Waals surface area (Å²) in [5.74, 6) is 0.639. The molecule has 1 heterocycles. The van der Waals surface area contributed by atoms with Crippen LogP contribution in [-0.4, -0.2) is 26.9 Å². The average Bonchev–Trinajstić information content (AvgIpc) is 2.67. The lowest BCUT2D eigenvalue weighted by Gasteiger charge is -2.18. The molecule has 1 amide bonds. The number of aryl methyl sites for hydroxylation is 1. The van der Waals surface area contributed by atoms with E-state index < -0.39 is 5.41 Å². The lowest BCUT2D eigenvalue weighted by Crippen LogP contribution is -2.27. The van der Waals surface area contributed by atoms with Crippen LogP contribution in [0, 0.1) is 12.3 Å². The Labute approximate surface area is 175 Å². The maximum atomic E-state index is 12.9. The lowest BCUT2D eigenvalue weighted by atomic mass is 9.95. The number of rotatable bonds is 5. The van der Waals surface area contributed by atoms with Crippen LogP contribution in [0.4, 0.5) is 5.69 Å². The zero-order valence-electron chi connectivity index (χ0n) is 17.3. The minimum Gasteiger partial charge on any atom is -0.326 e. The molecular weight excluding hydrogens is 382 g/mol.